The molecule has 1 aliphatic heterocycles. The smallest absolute Gasteiger partial charge is 0.287 e. The van der Waals surface area contributed by atoms with Gasteiger partial charge in [0.1, 0.15) is 16.5 Å². The van der Waals surface area contributed by atoms with Gasteiger partial charge in [0.05, 0.1) is 31.0 Å². The van der Waals surface area contributed by atoms with Gasteiger partial charge in [0.2, 0.25) is 5.91 Å². The Hall–Kier alpha value is -2.39. The van der Waals surface area contributed by atoms with Crippen molar-refractivity contribution in [2.45, 2.75) is 25.8 Å². The highest BCUT2D eigenvalue weighted by molar-refractivity contribution is 7.13. The highest BCUT2D eigenvalue weighted by Crippen LogP contribution is 2.38. The number of hydrogen-bond donors (Lipinski definition) is 1. The average Bonchev–Trinajstić information content (AvgIpc) is 3.09. The molecule has 26 heavy (non-hydrogen) atoms. The maximum atomic E-state index is 13.6. The van der Waals surface area contributed by atoms with Gasteiger partial charge in [0, 0.05) is 36.4 Å². The van der Waals surface area contributed by atoms with E-state index in [1.54, 1.807) is 12.3 Å². The monoisotopic (exact) mass is 378 g/mol. The molecular formula is C17H16F2N4O2S. The predicted molar refractivity (Wildman–Crippen MR) is 94.6 cm³/mol. The summed E-state index contributed by atoms with van der Waals surface area (Å²) in [6.45, 7) is 3.42. The Labute approximate surface area is 151 Å². The molecule has 3 aromatic rings. The number of rotatable bonds is 4. The Morgan fingerprint density at radius 1 is 1.46 bits per heavy atom. The van der Waals surface area contributed by atoms with E-state index in [9.17, 15) is 13.6 Å². The number of pyridine rings is 1. The van der Waals surface area contributed by atoms with Crippen LogP contribution in [0, 0.1) is 0 Å². The van der Waals surface area contributed by atoms with Crippen molar-refractivity contribution in [3.05, 3.63) is 29.5 Å². The summed E-state index contributed by atoms with van der Waals surface area (Å²) in [5, 5.41) is 5.33. The summed E-state index contributed by atoms with van der Waals surface area (Å²) in [6.07, 6.45) is 3.57. The zero-order chi connectivity index (χ0) is 18.5. The zero-order valence-corrected chi connectivity index (χ0v) is 14.9. The maximum absolute atomic E-state index is 13.6. The van der Waals surface area contributed by atoms with E-state index >= 15 is 0 Å². The lowest BCUT2D eigenvalue weighted by molar-refractivity contribution is -0.114. The number of nitrogens with one attached hydrogen (secondary N) is 1. The molecule has 3 aromatic heterocycles. The maximum Gasteiger partial charge on any atom is 0.287 e. The van der Waals surface area contributed by atoms with Crippen LogP contribution in [0.2, 0.25) is 0 Å². The van der Waals surface area contributed by atoms with E-state index in [0.29, 0.717) is 24.0 Å². The number of thiazole rings is 1. The van der Waals surface area contributed by atoms with E-state index in [0.717, 1.165) is 23.4 Å². The summed E-state index contributed by atoms with van der Waals surface area (Å²) in [4.78, 5) is 19.7. The van der Waals surface area contributed by atoms with E-state index in [-0.39, 0.29) is 17.6 Å². The third-order valence-electron chi connectivity index (χ3n) is 4.22. The Morgan fingerprint density at radius 2 is 2.23 bits per heavy atom. The van der Waals surface area contributed by atoms with Crippen molar-refractivity contribution in [3.63, 3.8) is 0 Å². The zero-order valence-electron chi connectivity index (χ0n) is 14.1. The molecule has 1 saturated heterocycles. The molecule has 1 aliphatic rings. The molecule has 0 spiro atoms. The third-order valence-corrected chi connectivity index (χ3v) is 5.10. The molecule has 9 heteroatoms. The van der Waals surface area contributed by atoms with Crippen molar-refractivity contribution in [1.29, 1.82) is 0 Å². The fourth-order valence-corrected chi connectivity index (χ4v) is 3.78. The molecule has 4 rings (SSSR count). The predicted octanol–water partition coefficient (Wildman–Crippen LogP) is 3.80. The van der Waals surface area contributed by atoms with E-state index in [4.69, 9.17) is 4.74 Å². The number of anilines is 1. The van der Waals surface area contributed by atoms with Crippen LogP contribution in [-0.2, 0) is 15.5 Å². The highest BCUT2D eigenvalue weighted by Gasteiger charge is 2.29. The number of nitrogens with zero attached hydrogens (tertiary/aromatic N) is 3. The lowest BCUT2D eigenvalue weighted by Gasteiger charge is -2.28. The van der Waals surface area contributed by atoms with E-state index in [1.807, 2.05) is 10.8 Å². The van der Waals surface area contributed by atoms with Crippen LogP contribution in [0.3, 0.4) is 0 Å². The number of amides is 1. The van der Waals surface area contributed by atoms with Gasteiger partial charge in [0.15, 0.2) is 0 Å². The molecule has 136 valence electrons. The summed E-state index contributed by atoms with van der Waals surface area (Å²) in [6, 6.07) is 1.92. The van der Waals surface area contributed by atoms with E-state index in [2.05, 4.69) is 15.3 Å². The number of hydrogen-bond acceptors (Lipinski definition) is 5. The van der Waals surface area contributed by atoms with Crippen LogP contribution >= 0.6 is 11.3 Å². The molecule has 1 fully saturated rings. The van der Waals surface area contributed by atoms with Crippen molar-refractivity contribution in [1.82, 2.24) is 14.5 Å². The fourth-order valence-electron chi connectivity index (χ4n) is 2.85. The number of aromatic nitrogens is 3. The quantitative estimate of drug-likeness (QED) is 0.750. The minimum atomic E-state index is -2.99. The second-order valence-electron chi connectivity index (χ2n) is 6.34. The number of carbonyl (C=O) groups is 1. The first-order valence-electron chi connectivity index (χ1n) is 8.03. The van der Waals surface area contributed by atoms with Crippen molar-refractivity contribution in [2.24, 2.45) is 0 Å². The molecular weight excluding hydrogens is 362 g/mol. The molecule has 1 N–H and O–H groups in total. The average molecular weight is 378 g/mol. The van der Waals surface area contributed by atoms with Gasteiger partial charge in [-0.25, -0.2) is 9.97 Å². The van der Waals surface area contributed by atoms with Gasteiger partial charge < -0.3 is 14.6 Å². The molecule has 0 unspecified atom stereocenters. The lowest BCUT2D eigenvalue weighted by Crippen LogP contribution is -2.30. The first-order chi connectivity index (χ1) is 12.3. The van der Waals surface area contributed by atoms with E-state index < -0.39 is 5.92 Å². The van der Waals surface area contributed by atoms with Gasteiger partial charge in [-0.2, -0.15) is 8.78 Å². The molecule has 0 atom stereocenters. The Kier molecular flexibility index (Phi) is 4.00. The van der Waals surface area contributed by atoms with Gasteiger partial charge in [-0.3, -0.25) is 4.79 Å². The largest absolute Gasteiger partial charge is 0.377 e. The Balaban J connectivity index is 1.86. The molecule has 0 aliphatic carbocycles. The first kappa shape index (κ1) is 17.0. The van der Waals surface area contributed by atoms with E-state index in [1.165, 1.54) is 23.6 Å². The summed E-state index contributed by atoms with van der Waals surface area (Å²) >= 11 is 1.17. The molecule has 0 saturated carbocycles. The highest BCUT2D eigenvalue weighted by atomic mass is 32.1. The van der Waals surface area contributed by atoms with Crippen LogP contribution in [0.15, 0.2) is 23.8 Å². The van der Waals surface area contributed by atoms with Gasteiger partial charge in [-0.15, -0.1) is 11.3 Å². The molecule has 1 amide bonds. The lowest BCUT2D eigenvalue weighted by atomic mass is 10.2. The van der Waals surface area contributed by atoms with Crippen LogP contribution in [0.5, 0.6) is 0 Å². The van der Waals surface area contributed by atoms with Gasteiger partial charge >= 0.3 is 0 Å². The number of carbonyl (C=O) groups excluding carboxylic acids is 1. The van der Waals surface area contributed by atoms with Crippen molar-refractivity contribution < 1.29 is 18.3 Å². The number of halogens is 2. The summed E-state index contributed by atoms with van der Waals surface area (Å²) in [5.74, 6) is -2.81. The number of fused-ring (bicyclic) bond motifs is 1. The molecule has 6 nitrogen and oxygen atoms in total. The summed E-state index contributed by atoms with van der Waals surface area (Å²) < 4.78 is 34.4. The number of alkyl halides is 2. The normalized spacial score (nSPS) is 15.2. The standard InChI is InChI=1S/C17H16F2N4O2S/c1-9(24)21-15-3-11-12(16-22-14(8-26-16)17(2,18)19)5-23(10-6-25-7-10)13(11)4-20-15/h3-5,8,10H,6-7H2,1-2H3,(H,20,21,24). The molecule has 0 bridgehead atoms. The third kappa shape index (κ3) is 2.97. The van der Waals surface area contributed by atoms with Crippen LogP contribution in [0.4, 0.5) is 14.6 Å². The molecule has 4 heterocycles. The topological polar surface area (TPSA) is 69.0 Å². The van der Waals surface area contributed by atoms with Gasteiger partial charge in [-0.05, 0) is 6.07 Å². The van der Waals surface area contributed by atoms with Crippen LogP contribution in [-0.4, -0.2) is 33.7 Å². The van der Waals surface area contributed by atoms with Crippen LogP contribution in [0.1, 0.15) is 25.6 Å². The summed E-state index contributed by atoms with van der Waals surface area (Å²) in [7, 11) is 0. The summed E-state index contributed by atoms with van der Waals surface area (Å²) in [5.41, 5.74) is 1.34. The fraction of sp³-hybridized carbons (Fsp3) is 0.353. The first-order valence-corrected chi connectivity index (χ1v) is 8.91. The van der Waals surface area contributed by atoms with Crippen LogP contribution < -0.4 is 5.32 Å². The molecule has 0 radical (unpaired) electrons. The second-order valence-corrected chi connectivity index (χ2v) is 7.19. The van der Waals surface area contributed by atoms with Gasteiger partial charge in [0.25, 0.3) is 5.92 Å². The van der Waals surface area contributed by atoms with Crippen LogP contribution in [0.25, 0.3) is 21.5 Å². The Bertz CT molecular complexity index is 988. The Morgan fingerprint density at radius 3 is 2.81 bits per heavy atom. The minimum Gasteiger partial charge on any atom is -0.377 e. The minimum absolute atomic E-state index is 0.173. The SMILES string of the molecule is CC(=O)Nc1cc2c(-c3nc(C(C)(F)F)cs3)cn(C3COC3)c2cn1. The van der Waals surface area contributed by atoms with Gasteiger partial charge in [-0.1, -0.05) is 0 Å². The van der Waals surface area contributed by atoms with Crippen molar-refractivity contribution >= 4 is 34.0 Å². The molecule has 0 aromatic carbocycles. The van der Waals surface area contributed by atoms with Crippen molar-refractivity contribution in [3.8, 4) is 10.6 Å². The van der Waals surface area contributed by atoms with Crippen molar-refractivity contribution in [2.75, 3.05) is 18.5 Å². The number of ether oxygens (including phenoxy) is 1. The second kappa shape index (κ2) is 6.10.